The molecule has 0 radical (unpaired) electrons. The van der Waals surface area contributed by atoms with Crippen LogP contribution in [-0.4, -0.2) is 44.1 Å². The third-order valence-corrected chi connectivity index (χ3v) is 16.5. The molecule has 0 N–H and O–H groups in total. The van der Waals surface area contributed by atoms with Crippen molar-refractivity contribution in [2.24, 2.45) is 0 Å². The second-order valence-corrected chi connectivity index (χ2v) is 19.4. The first-order valence-corrected chi connectivity index (χ1v) is 13.6. The van der Waals surface area contributed by atoms with Crippen LogP contribution in [0.15, 0.2) is 0 Å². The van der Waals surface area contributed by atoms with Gasteiger partial charge in [-0.25, -0.2) is 4.79 Å². The third-order valence-electron chi connectivity index (χ3n) is 5.87. The molecule has 1 aliphatic rings. The van der Waals surface area contributed by atoms with Gasteiger partial charge in [0.25, 0.3) is 0 Å². The summed E-state index contributed by atoms with van der Waals surface area (Å²) in [4.78, 5) is 25.6. The Balaban J connectivity index is 3.24. The van der Waals surface area contributed by atoms with E-state index in [0.717, 1.165) is 0 Å². The lowest BCUT2D eigenvalue weighted by Gasteiger charge is -2.45. The number of amides is 3. The lowest BCUT2D eigenvalue weighted by molar-refractivity contribution is -0.122. The largest absolute Gasteiger partial charge is 0.343 e. The van der Waals surface area contributed by atoms with E-state index >= 15 is 0 Å². The van der Waals surface area contributed by atoms with Gasteiger partial charge in [-0.05, 0) is 10.1 Å². The highest BCUT2D eigenvalue weighted by atomic mass is 28.3. The van der Waals surface area contributed by atoms with E-state index in [-0.39, 0.29) is 28.6 Å². The van der Waals surface area contributed by atoms with Crippen LogP contribution in [-0.2, 0) is 4.79 Å². The predicted molar refractivity (Wildman–Crippen MR) is 93.3 cm³/mol. The van der Waals surface area contributed by atoms with Crippen molar-refractivity contribution < 1.29 is 9.59 Å². The molecule has 0 aromatic carbocycles. The third kappa shape index (κ3) is 2.84. The molecule has 0 bridgehead atoms. The molecule has 0 saturated carbocycles. The van der Waals surface area contributed by atoms with Gasteiger partial charge in [-0.15, -0.1) is 0 Å². The zero-order valence-corrected chi connectivity index (χ0v) is 17.4. The van der Waals surface area contributed by atoms with Gasteiger partial charge in [0, 0.05) is 0 Å². The number of carbonyl (C=O) groups excluding carboxylic acids is 2. The molecule has 0 spiro atoms. The van der Waals surface area contributed by atoms with Gasteiger partial charge >= 0.3 is 6.03 Å². The molecule has 3 amide bonds. The fraction of sp³-hybridized carbons (Fsp3) is 0.867. The Hall–Kier alpha value is -0.626. The molecular formula is C15H32N2O2Si2. The van der Waals surface area contributed by atoms with Crippen LogP contribution >= 0.6 is 0 Å². The van der Waals surface area contributed by atoms with Crippen molar-refractivity contribution in [3.8, 4) is 0 Å². The minimum Gasteiger partial charge on any atom is -0.343 e. The van der Waals surface area contributed by atoms with E-state index in [4.69, 9.17) is 0 Å². The Morgan fingerprint density at radius 3 is 1.52 bits per heavy atom. The van der Waals surface area contributed by atoms with Crippen molar-refractivity contribution in [2.45, 2.75) is 77.8 Å². The van der Waals surface area contributed by atoms with Crippen LogP contribution in [0.25, 0.3) is 0 Å². The summed E-state index contributed by atoms with van der Waals surface area (Å²) in [5.41, 5.74) is 0. The Labute approximate surface area is 132 Å². The molecule has 1 heterocycles. The summed E-state index contributed by atoms with van der Waals surface area (Å²) in [7, 11) is -4.18. The maximum Gasteiger partial charge on any atom is 0.311 e. The average Bonchev–Trinajstić information content (AvgIpc) is 2.51. The number of hydrogen-bond acceptors (Lipinski definition) is 2. The minimum atomic E-state index is -2.16. The van der Waals surface area contributed by atoms with E-state index < -0.39 is 16.5 Å². The topological polar surface area (TPSA) is 40.6 Å². The van der Waals surface area contributed by atoms with E-state index in [9.17, 15) is 9.59 Å². The summed E-state index contributed by atoms with van der Waals surface area (Å²) in [5.74, 6) is -0.00332. The van der Waals surface area contributed by atoms with Crippen LogP contribution in [0.2, 0.25) is 36.3 Å². The first-order valence-electron chi connectivity index (χ1n) is 7.70. The first kappa shape index (κ1) is 18.4. The SMILES string of the molecule is CC(C)(C)[Si](C)(C)N1CC(=O)N([Si](C)(C)C(C)(C)C)C1=O. The molecule has 1 aliphatic heterocycles. The van der Waals surface area contributed by atoms with Crippen molar-refractivity contribution in [1.29, 1.82) is 0 Å². The zero-order valence-electron chi connectivity index (χ0n) is 15.4. The number of hydrogen-bond donors (Lipinski definition) is 0. The van der Waals surface area contributed by atoms with E-state index in [1.807, 2.05) is 4.57 Å². The summed E-state index contributed by atoms with van der Waals surface area (Å²) < 4.78 is 3.53. The molecule has 0 aromatic rings. The molecule has 1 fully saturated rings. The van der Waals surface area contributed by atoms with E-state index in [2.05, 4.69) is 67.7 Å². The highest BCUT2D eigenvalue weighted by molar-refractivity contribution is 6.85. The van der Waals surface area contributed by atoms with Gasteiger partial charge in [-0.3, -0.25) is 9.36 Å². The van der Waals surface area contributed by atoms with Crippen molar-refractivity contribution >= 4 is 28.4 Å². The Kier molecular flexibility index (Phi) is 4.34. The molecular weight excluding hydrogens is 296 g/mol. The van der Waals surface area contributed by atoms with Crippen LogP contribution in [0.1, 0.15) is 41.5 Å². The van der Waals surface area contributed by atoms with Crippen LogP contribution < -0.4 is 0 Å². The number of imide groups is 1. The molecule has 0 aromatic heterocycles. The fourth-order valence-corrected chi connectivity index (χ4v) is 6.21. The Morgan fingerprint density at radius 2 is 1.19 bits per heavy atom. The normalized spacial score (nSPS) is 18.8. The van der Waals surface area contributed by atoms with Crippen LogP contribution in [0.3, 0.4) is 0 Å². The summed E-state index contributed by atoms with van der Waals surface area (Å²) >= 11 is 0. The quantitative estimate of drug-likeness (QED) is 0.561. The maximum atomic E-state index is 13.0. The van der Waals surface area contributed by atoms with Crippen LogP contribution in [0, 0.1) is 0 Å². The monoisotopic (exact) mass is 328 g/mol. The molecule has 1 saturated heterocycles. The van der Waals surface area contributed by atoms with Crippen LogP contribution in [0.5, 0.6) is 0 Å². The summed E-state index contributed by atoms with van der Waals surface area (Å²) in [6.07, 6.45) is 0. The summed E-state index contributed by atoms with van der Waals surface area (Å²) in [6.45, 7) is 21.8. The lowest BCUT2D eigenvalue weighted by Crippen LogP contribution is -2.61. The first-order chi connectivity index (χ1) is 9.05. The summed E-state index contributed by atoms with van der Waals surface area (Å²) in [5, 5.41) is 0.0220. The fourth-order valence-electron chi connectivity index (χ4n) is 2.23. The van der Waals surface area contributed by atoms with Gasteiger partial charge in [-0.2, -0.15) is 0 Å². The highest BCUT2D eigenvalue weighted by Gasteiger charge is 2.56. The van der Waals surface area contributed by atoms with Crippen molar-refractivity contribution in [1.82, 2.24) is 9.13 Å². The van der Waals surface area contributed by atoms with Crippen LogP contribution in [0.4, 0.5) is 4.79 Å². The van der Waals surface area contributed by atoms with Gasteiger partial charge in [0.05, 0.1) is 6.54 Å². The van der Waals surface area contributed by atoms with E-state index in [1.165, 1.54) is 0 Å². The Bertz CT molecular complexity index is 459. The second kappa shape index (κ2) is 4.94. The molecule has 0 atom stereocenters. The average molecular weight is 329 g/mol. The van der Waals surface area contributed by atoms with Gasteiger partial charge in [0.15, 0.2) is 16.5 Å². The van der Waals surface area contributed by atoms with Gasteiger partial charge in [-0.1, -0.05) is 67.7 Å². The number of urea groups is 1. The predicted octanol–water partition coefficient (Wildman–Crippen LogP) is 4.26. The number of carbonyl (C=O) groups is 2. The van der Waals surface area contributed by atoms with E-state index in [1.54, 1.807) is 4.57 Å². The van der Waals surface area contributed by atoms with Crippen molar-refractivity contribution in [3.05, 3.63) is 0 Å². The molecule has 21 heavy (non-hydrogen) atoms. The highest BCUT2D eigenvalue weighted by Crippen LogP contribution is 2.44. The zero-order chi connectivity index (χ0) is 17.0. The molecule has 6 heteroatoms. The molecule has 1 rings (SSSR count). The van der Waals surface area contributed by atoms with Crippen molar-refractivity contribution in [2.75, 3.05) is 6.54 Å². The van der Waals surface area contributed by atoms with Gasteiger partial charge in [0.1, 0.15) is 0 Å². The van der Waals surface area contributed by atoms with Crippen molar-refractivity contribution in [3.63, 3.8) is 0 Å². The smallest absolute Gasteiger partial charge is 0.311 e. The molecule has 0 aliphatic carbocycles. The molecule has 0 unspecified atom stereocenters. The second-order valence-electron chi connectivity index (χ2n) is 9.22. The van der Waals surface area contributed by atoms with Gasteiger partial charge in [0.2, 0.25) is 5.91 Å². The maximum absolute atomic E-state index is 13.0. The number of nitrogens with zero attached hydrogens (tertiary/aromatic N) is 2. The summed E-state index contributed by atoms with van der Waals surface area (Å²) in [6, 6.07) is -0.0433. The minimum absolute atomic E-state index is 0.00332. The lowest BCUT2D eigenvalue weighted by atomic mass is 10.2. The standard InChI is InChI=1S/C15H32N2O2Si2/c1-14(2,3)20(7,8)16-11-12(18)17(13(16)19)21(9,10)15(4,5)6/h11H2,1-10H3. The molecule has 4 nitrogen and oxygen atoms in total. The number of rotatable bonds is 2. The van der Waals surface area contributed by atoms with E-state index in [0.29, 0.717) is 0 Å². The molecule has 122 valence electrons. The Morgan fingerprint density at radius 1 is 0.810 bits per heavy atom. The van der Waals surface area contributed by atoms with Gasteiger partial charge < -0.3 is 4.57 Å².